The lowest BCUT2D eigenvalue weighted by Crippen LogP contribution is -2.07. The van der Waals surface area contributed by atoms with Crippen LogP contribution in [0.3, 0.4) is 0 Å². The van der Waals surface area contributed by atoms with Crippen LogP contribution in [0.15, 0.2) is 71.1 Å². The van der Waals surface area contributed by atoms with E-state index < -0.39 is 10.9 Å². The standard InChI is InChI=1S/C22H16N2O5/c1-14-6-11-21(29-14)20-12-18(17-4-2-3-5-19(17)23-20)22(25)28-13-15-7-9-16(10-8-15)24(26)27/h2-12H,13H2,1H3. The van der Waals surface area contributed by atoms with Crippen LogP contribution in [0, 0.1) is 17.0 Å². The molecule has 144 valence electrons. The Balaban J connectivity index is 1.63. The van der Waals surface area contributed by atoms with Gasteiger partial charge < -0.3 is 9.15 Å². The summed E-state index contributed by atoms with van der Waals surface area (Å²) in [7, 11) is 0. The predicted molar refractivity (Wildman–Crippen MR) is 106 cm³/mol. The van der Waals surface area contributed by atoms with Crippen LogP contribution in [0.2, 0.25) is 0 Å². The average Bonchev–Trinajstić information content (AvgIpc) is 3.18. The van der Waals surface area contributed by atoms with E-state index in [1.54, 1.807) is 24.3 Å². The summed E-state index contributed by atoms with van der Waals surface area (Å²) in [6.07, 6.45) is 0. The van der Waals surface area contributed by atoms with Gasteiger partial charge in [-0.25, -0.2) is 9.78 Å². The minimum absolute atomic E-state index is 0.00265. The maximum atomic E-state index is 12.8. The van der Waals surface area contributed by atoms with Crippen LogP contribution in [0.5, 0.6) is 0 Å². The Morgan fingerprint density at radius 1 is 1.10 bits per heavy atom. The third-order valence-corrected chi connectivity index (χ3v) is 4.45. The zero-order valence-electron chi connectivity index (χ0n) is 15.5. The minimum Gasteiger partial charge on any atom is -0.460 e. The molecule has 0 N–H and O–H groups in total. The maximum Gasteiger partial charge on any atom is 0.339 e. The molecule has 0 aliphatic carbocycles. The van der Waals surface area contributed by atoms with Crippen LogP contribution in [0.1, 0.15) is 21.7 Å². The summed E-state index contributed by atoms with van der Waals surface area (Å²) in [4.78, 5) is 27.7. The number of nitro groups is 1. The molecule has 7 heteroatoms. The molecule has 0 radical (unpaired) electrons. The third kappa shape index (κ3) is 3.84. The van der Waals surface area contributed by atoms with Gasteiger partial charge in [0, 0.05) is 17.5 Å². The van der Waals surface area contributed by atoms with Gasteiger partial charge in [-0.05, 0) is 48.9 Å². The summed E-state index contributed by atoms with van der Waals surface area (Å²) >= 11 is 0. The first-order valence-corrected chi connectivity index (χ1v) is 8.88. The molecule has 0 saturated heterocycles. The fourth-order valence-electron chi connectivity index (χ4n) is 2.98. The predicted octanol–water partition coefficient (Wildman–Crippen LogP) is 5.07. The molecule has 7 nitrogen and oxygen atoms in total. The summed E-state index contributed by atoms with van der Waals surface area (Å²) in [5.74, 6) is 0.807. The molecule has 0 spiro atoms. The molecule has 0 amide bonds. The van der Waals surface area contributed by atoms with Crippen molar-refractivity contribution < 1.29 is 18.9 Å². The molecule has 0 atom stereocenters. The molecule has 0 aliphatic heterocycles. The highest BCUT2D eigenvalue weighted by molar-refractivity contribution is 6.04. The van der Waals surface area contributed by atoms with Gasteiger partial charge in [-0.15, -0.1) is 0 Å². The summed E-state index contributed by atoms with van der Waals surface area (Å²) < 4.78 is 11.1. The van der Waals surface area contributed by atoms with Crippen molar-refractivity contribution in [3.05, 3.63) is 93.7 Å². The third-order valence-electron chi connectivity index (χ3n) is 4.45. The molecular formula is C22H16N2O5. The molecule has 0 aliphatic rings. The number of fused-ring (bicyclic) bond motifs is 1. The van der Waals surface area contributed by atoms with Gasteiger partial charge in [0.05, 0.1) is 16.0 Å². The summed E-state index contributed by atoms with van der Waals surface area (Å²) in [5.41, 5.74) is 2.21. The molecular weight excluding hydrogens is 372 g/mol. The molecule has 2 aromatic heterocycles. The first-order valence-electron chi connectivity index (χ1n) is 8.88. The highest BCUT2D eigenvalue weighted by Gasteiger charge is 2.17. The van der Waals surface area contributed by atoms with Crippen LogP contribution >= 0.6 is 0 Å². The second-order valence-corrected chi connectivity index (χ2v) is 6.48. The Kier molecular flexibility index (Phi) is 4.78. The molecule has 0 fully saturated rings. The Bertz CT molecular complexity index is 1210. The number of hydrogen-bond acceptors (Lipinski definition) is 6. The number of nitrogens with zero attached hydrogens (tertiary/aromatic N) is 2. The number of non-ortho nitro benzene ring substituents is 1. The fraction of sp³-hybridized carbons (Fsp3) is 0.0909. The van der Waals surface area contributed by atoms with E-state index in [0.29, 0.717) is 33.5 Å². The van der Waals surface area contributed by atoms with Crippen LogP contribution < -0.4 is 0 Å². The topological polar surface area (TPSA) is 95.5 Å². The smallest absolute Gasteiger partial charge is 0.339 e. The number of carbonyl (C=O) groups is 1. The van der Waals surface area contributed by atoms with E-state index in [9.17, 15) is 14.9 Å². The van der Waals surface area contributed by atoms with Gasteiger partial charge in [0.1, 0.15) is 18.1 Å². The number of ether oxygens (including phenoxy) is 1. The second-order valence-electron chi connectivity index (χ2n) is 6.48. The minimum atomic E-state index is -0.508. The van der Waals surface area contributed by atoms with Crippen molar-refractivity contribution in [2.75, 3.05) is 0 Å². The number of hydrogen-bond donors (Lipinski definition) is 0. The number of rotatable bonds is 5. The van der Waals surface area contributed by atoms with Gasteiger partial charge in [-0.1, -0.05) is 18.2 Å². The molecule has 2 aromatic carbocycles. The molecule has 0 saturated carbocycles. The lowest BCUT2D eigenvalue weighted by atomic mass is 10.1. The van der Waals surface area contributed by atoms with E-state index in [1.165, 1.54) is 12.1 Å². The summed E-state index contributed by atoms with van der Waals surface area (Å²) in [6, 6.07) is 18.5. The van der Waals surface area contributed by atoms with Gasteiger partial charge in [0.15, 0.2) is 5.76 Å². The van der Waals surface area contributed by atoms with Crippen molar-refractivity contribution in [3.63, 3.8) is 0 Å². The largest absolute Gasteiger partial charge is 0.460 e. The Morgan fingerprint density at radius 2 is 1.86 bits per heavy atom. The van der Waals surface area contributed by atoms with Gasteiger partial charge in [-0.2, -0.15) is 0 Å². The number of nitro benzene ring substituents is 1. The van der Waals surface area contributed by atoms with Gasteiger partial charge >= 0.3 is 5.97 Å². The number of pyridine rings is 1. The van der Waals surface area contributed by atoms with Crippen molar-refractivity contribution >= 4 is 22.6 Å². The van der Waals surface area contributed by atoms with E-state index in [1.807, 2.05) is 37.3 Å². The molecule has 4 rings (SSSR count). The number of para-hydroxylation sites is 1. The molecule has 2 heterocycles. The highest BCUT2D eigenvalue weighted by Crippen LogP contribution is 2.27. The van der Waals surface area contributed by atoms with Crippen LogP contribution in [-0.4, -0.2) is 15.9 Å². The van der Waals surface area contributed by atoms with Crippen LogP contribution in [0.4, 0.5) is 5.69 Å². The Hall–Kier alpha value is -4.00. The van der Waals surface area contributed by atoms with Crippen molar-refractivity contribution in [1.82, 2.24) is 4.98 Å². The quantitative estimate of drug-likeness (QED) is 0.269. The van der Waals surface area contributed by atoms with E-state index >= 15 is 0 Å². The van der Waals surface area contributed by atoms with Gasteiger partial charge in [0.25, 0.3) is 5.69 Å². The Labute approximate surface area is 165 Å². The SMILES string of the molecule is Cc1ccc(-c2cc(C(=O)OCc3ccc([N+](=O)[O-])cc3)c3ccccc3n2)o1. The Morgan fingerprint density at radius 3 is 2.55 bits per heavy atom. The number of aryl methyl sites for hydroxylation is 1. The monoisotopic (exact) mass is 388 g/mol. The molecule has 0 unspecified atom stereocenters. The molecule has 29 heavy (non-hydrogen) atoms. The van der Waals surface area contributed by atoms with Crippen LogP contribution in [0.25, 0.3) is 22.4 Å². The second kappa shape index (κ2) is 7.55. The first-order chi connectivity index (χ1) is 14.0. The number of carbonyl (C=O) groups excluding carboxylic acids is 1. The van der Waals surface area contributed by atoms with Crippen molar-refractivity contribution in [2.24, 2.45) is 0 Å². The van der Waals surface area contributed by atoms with E-state index in [4.69, 9.17) is 9.15 Å². The van der Waals surface area contributed by atoms with Crippen molar-refractivity contribution in [1.29, 1.82) is 0 Å². The summed E-state index contributed by atoms with van der Waals surface area (Å²) in [5, 5.41) is 11.4. The number of aromatic nitrogens is 1. The van der Waals surface area contributed by atoms with Gasteiger partial charge in [0.2, 0.25) is 0 Å². The van der Waals surface area contributed by atoms with E-state index in [2.05, 4.69) is 4.98 Å². The van der Waals surface area contributed by atoms with Crippen molar-refractivity contribution in [2.45, 2.75) is 13.5 Å². The van der Waals surface area contributed by atoms with Crippen molar-refractivity contribution in [3.8, 4) is 11.5 Å². The highest BCUT2D eigenvalue weighted by atomic mass is 16.6. The number of furan rings is 1. The number of esters is 1. The van der Waals surface area contributed by atoms with Crippen LogP contribution in [-0.2, 0) is 11.3 Å². The fourth-order valence-corrected chi connectivity index (χ4v) is 2.98. The normalized spacial score (nSPS) is 10.8. The first kappa shape index (κ1) is 18.4. The molecule has 0 bridgehead atoms. The zero-order chi connectivity index (χ0) is 20.4. The van der Waals surface area contributed by atoms with Gasteiger partial charge in [-0.3, -0.25) is 10.1 Å². The zero-order valence-corrected chi connectivity index (χ0v) is 15.5. The summed E-state index contributed by atoms with van der Waals surface area (Å²) in [6.45, 7) is 1.84. The number of benzene rings is 2. The average molecular weight is 388 g/mol. The molecule has 4 aromatic rings. The van der Waals surface area contributed by atoms with E-state index in [-0.39, 0.29) is 12.3 Å². The lowest BCUT2D eigenvalue weighted by molar-refractivity contribution is -0.384. The maximum absolute atomic E-state index is 12.8. The van der Waals surface area contributed by atoms with E-state index in [0.717, 1.165) is 5.76 Å². The lowest BCUT2D eigenvalue weighted by Gasteiger charge is -2.09.